The number of likely N-dealkylation sites (tertiary alicyclic amines) is 1. The first kappa shape index (κ1) is 15.4. The second-order valence-corrected chi connectivity index (χ2v) is 5.00. The van der Waals surface area contributed by atoms with Crippen LogP contribution in [0.5, 0.6) is 0 Å². The van der Waals surface area contributed by atoms with E-state index < -0.39 is 6.10 Å². The standard InChI is InChI=1S/C14H20N4O3/c1-17(12-9-15-6-7-16-12)13(19)10-18-8-4-3-5-11(21-2)14(18)20/h6-7,9,11H,3-5,8,10H2,1-2H3. The van der Waals surface area contributed by atoms with Crippen LogP contribution in [0.25, 0.3) is 0 Å². The monoisotopic (exact) mass is 292 g/mol. The smallest absolute Gasteiger partial charge is 0.252 e. The fourth-order valence-corrected chi connectivity index (χ4v) is 2.31. The van der Waals surface area contributed by atoms with E-state index in [0.29, 0.717) is 18.8 Å². The van der Waals surface area contributed by atoms with Crippen LogP contribution in [0.3, 0.4) is 0 Å². The summed E-state index contributed by atoms with van der Waals surface area (Å²) in [4.78, 5) is 35.5. The van der Waals surface area contributed by atoms with E-state index in [4.69, 9.17) is 4.74 Å². The number of nitrogens with zero attached hydrogens (tertiary/aromatic N) is 4. The second-order valence-electron chi connectivity index (χ2n) is 5.00. The van der Waals surface area contributed by atoms with Gasteiger partial charge in [0, 0.05) is 33.1 Å². The summed E-state index contributed by atoms with van der Waals surface area (Å²) in [6, 6.07) is 0. The van der Waals surface area contributed by atoms with Gasteiger partial charge in [0.25, 0.3) is 5.91 Å². The molecule has 1 saturated heterocycles. The lowest BCUT2D eigenvalue weighted by Crippen LogP contribution is -2.45. The molecule has 114 valence electrons. The molecule has 7 nitrogen and oxygen atoms in total. The zero-order chi connectivity index (χ0) is 15.2. The highest BCUT2D eigenvalue weighted by Crippen LogP contribution is 2.15. The number of carbonyl (C=O) groups excluding carboxylic acids is 2. The molecule has 0 aromatic carbocycles. The van der Waals surface area contributed by atoms with Gasteiger partial charge in [-0.25, -0.2) is 4.98 Å². The van der Waals surface area contributed by atoms with E-state index in [-0.39, 0.29) is 18.4 Å². The summed E-state index contributed by atoms with van der Waals surface area (Å²) < 4.78 is 5.20. The van der Waals surface area contributed by atoms with Gasteiger partial charge >= 0.3 is 0 Å². The molecule has 0 saturated carbocycles. The lowest BCUT2D eigenvalue weighted by Gasteiger charge is -2.25. The molecular weight excluding hydrogens is 272 g/mol. The molecule has 1 atom stereocenters. The predicted octanol–water partition coefficient (Wildman–Crippen LogP) is 0.467. The Kier molecular flexibility index (Phi) is 5.21. The summed E-state index contributed by atoms with van der Waals surface area (Å²) in [5.41, 5.74) is 0. The van der Waals surface area contributed by atoms with Gasteiger partial charge in [0.15, 0.2) is 5.82 Å². The molecule has 2 rings (SSSR count). The Morgan fingerprint density at radius 1 is 1.48 bits per heavy atom. The maximum absolute atomic E-state index is 12.3. The van der Waals surface area contributed by atoms with Gasteiger partial charge in [0.1, 0.15) is 12.6 Å². The maximum Gasteiger partial charge on any atom is 0.252 e. The molecule has 1 aromatic rings. The first-order valence-electron chi connectivity index (χ1n) is 6.97. The van der Waals surface area contributed by atoms with E-state index in [1.807, 2.05) is 0 Å². The Labute approximate surface area is 123 Å². The molecule has 2 amide bonds. The normalized spacial score (nSPS) is 19.2. The highest BCUT2D eigenvalue weighted by atomic mass is 16.5. The molecule has 1 fully saturated rings. The number of aromatic nitrogens is 2. The molecule has 0 aliphatic carbocycles. The molecule has 1 unspecified atom stereocenters. The summed E-state index contributed by atoms with van der Waals surface area (Å²) in [5.74, 6) is 0.157. The van der Waals surface area contributed by atoms with Crippen molar-refractivity contribution in [1.29, 1.82) is 0 Å². The van der Waals surface area contributed by atoms with Crippen molar-refractivity contribution < 1.29 is 14.3 Å². The van der Waals surface area contributed by atoms with Gasteiger partial charge in [-0.15, -0.1) is 0 Å². The Morgan fingerprint density at radius 2 is 2.29 bits per heavy atom. The van der Waals surface area contributed by atoms with Crippen molar-refractivity contribution in [1.82, 2.24) is 14.9 Å². The van der Waals surface area contributed by atoms with Gasteiger partial charge in [-0.05, 0) is 19.3 Å². The number of hydrogen-bond acceptors (Lipinski definition) is 5. The average Bonchev–Trinajstić information content (AvgIpc) is 2.69. The van der Waals surface area contributed by atoms with Gasteiger partial charge in [0.2, 0.25) is 5.91 Å². The zero-order valence-corrected chi connectivity index (χ0v) is 12.4. The van der Waals surface area contributed by atoms with Crippen LogP contribution in [0.15, 0.2) is 18.6 Å². The number of ether oxygens (including phenoxy) is 1. The zero-order valence-electron chi connectivity index (χ0n) is 12.4. The summed E-state index contributed by atoms with van der Waals surface area (Å²) in [7, 11) is 3.15. The summed E-state index contributed by atoms with van der Waals surface area (Å²) in [6.07, 6.45) is 6.66. The molecule has 0 N–H and O–H groups in total. The average molecular weight is 292 g/mol. The van der Waals surface area contributed by atoms with Crippen LogP contribution in [-0.4, -0.2) is 60.0 Å². The lowest BCUT2D eigenvalue weighted by atomic mass is 10.2. The highest BCUT2D eigenvalue weighted by Gasteiger charge is 2.29. The number of anilines is 1. The number of carbonyl (C=O) groups is 2. The topological polar surface area (TPSA) is 75.6 Å². The van der Waals surface area contributed by atoms with Crippen molar-refractivity contribution in [3.05, 3.63) is 18.6 Å². The molecular formula is C14H20N4O3. The molecule has 1 aromatic heterocycles. The summed E-state index contributed by atoms with van der Waals surface area (Å²) in [5, 5.41) is 0. The van der Waals surface area contributed by atoms with Gasteiger partial charge in [-0.2, -0.15) is 0 Å². The highest BCUT2D eigenvalue weighted by molar-refractivity contribution is 5.96. The Bertz CT molecular complexity index is 494. The van der Waals surface area contributed by atoms with E-state index in [0.717, 1.165) is 12.8 Å². The van der Waals surface area contributed by atoms with Crippen molar-refractivity contribution in [2.45, 2.75) is 25.4 Å². The first-order valence-corrected chi connectivity index (χ1v) is 6.97. The molecule has 21 heavy (non-hydrogen) atoms. The molecule has 1 aliphatic rings. The molecule has 2 heterocycles. The van der Waals surface area contributed by atoms with Crippen LogP contribution in [0.4, 0.5) is 5.82 Å². The van der Waals surface area contributed by atoms with Crippen LogP contribution in [0.1, 0.15) is 19.3 Å². The Morgan fingerprint density at radius 3 is 2.95 bits per heavy atom. The minimum atomic E-state index is -0.442. The number of likely N-dealkylation sites (N-methyl/N-ethyl adjacent to an activating group) is 1. The molecule has 0 bridgehead atoms. The fraction of sp³-hybridized carbons (Fsp3) is 0.571. The third kappa shape index (κ3) is 3.75. The maximum atomic E-state index is 12.3. The number of hydrogen-bond donors (Lipinski definition) is 0. The van der Waals surface area contributed by atoms with Crippen LogP contribution in [0.2, 0.25) is 0 Å². The fourth-order valence-electron chi connectivity index (χ4n) is 2.31. The Balaban J connectivity index is 2.02. The van der Waals surface area contributed by atoms with Gasteiger partial charge in [-0.1, -0.05) is 0 Å². The number of rotatable bonds is 4. The van der Waals surface area contributed by atoms with E-state index in [9.17, 15) is 9.59 Å². The Hall–Kier alpha value is -2.02. The molecule has 7 heteroatoms. The van der Waals surface area contributed by atoms with Crippen molar-refractivity contribution in [2.75, 3.05) is 32.1 Å². The number of methoxy groups -OCH3 is 1. The summed E-state index contributed by atoms with van der Waals surface area (Å²) in [6.45, 7) is 0.616. The van der Waals surface area contributed by atoms with E-state index in [1.165, 1.54) is 24.4 Å². The third-order valence-electron chi connectivity index (χ3n) is 3.61. The van der Waals surface area contributed by atoms with Crippen molar-refractivity contribution >= 4 is 17.6 Å². The van der Waals surface area contributed by atoms with E-state index in [1.54, 1.807) is 18.1 Å². The van der Waals surface area contributed by atoms with E-state index >= 15 is 0 Å². The largest absolute Gasteiger partial charge is 0.372 e. The van der Waals surface area contributed by atoms with Crippen molar-refractivity contribution in [2.24, 2.45) is 0 Å². The first-order chi connectivity index (χ1) is 10.1. The summed E-state index contributed by atoms with van der Waals surface area (Å²) >= 11 is 0. The SMILES string of the molecule is COC1CCCCN(CC(=O)N(C)c2cnccn2)C1=O. The molecule has 0 radical (unpaired) electrons. The quantitative estimate of drug-likeness (QED) is 0.806. The van der Waals surface area contributed by atoms with Crippen LogP contribution >= 0.6 is 0 Å². The van der Waals surface area contributed by atoms with Crippen molar-refractivity contribution in [3.8, 4) is 0 Å². The minimum Gasteiger partial charge on any atom is -0.372 e. The van der Waals surface area contributed by atoms with E-state index in [2.05, 4.69) is 9.97 Å². The van der Waals surface area contributed by atoms with Crippen molar-refractivity contribution in [3.63, 3.8) is 0 Å². The van der Waals surface area contributed by atoms with Gasteiger partial charge in [0.05, 0.1) is 6.20 Å². The van der Waals surface area contributed by atoms with Crippen LogP contribution in [0, 0.1) is 0 Å². The van der Waals surface area contributed by atoms with Gasteiger partial charge < -0.3 is 9.64 Å². The van der Waals surface area contributed by atoms with Crippen LogP contribution in [-0.2, 0) is 14.3 Å². The van der Waals surface area contributed by atoms with Gasteiger partial charge in [-0.3, -0.25) is 19.5 Å². The third-order valence-corrected chi connectivity index (χ3v) is 3.61. The predicted molar refractivity (Wildman–Crippen MR) is 76.7 cm³/mol. The molecule has 1 aliphatic heterocycles. The van der Waals surface area contributed by atoms with Crippen LogP contribution < -0.4 is 4.90 Å². The number of amides is 2. The molecule has 0 spiro atoms. The minimum absolute atomic E-state index is 0.0335. The second kappa shape index (κ2) is 7.12. The lowest BCUT2D eigenvalue weighted by molar-refractivity contribution is -0.143.